The van der Waals surface area contributed by atoms with E-state index in [9.17, 15) is 13.6 Å². The van der Waals surface area contributed by atoms with Gasteiger partial charge in [-0.3, -0.25) is 4.79 Å². The molecule has 0 aliphatic rings. The lowest BCUT2D eigenvalue weighted by Crippen LogP contribution is -2.32. The van der Waals surface area contributed by atoms with Crippen molar-refractivity contribution in [3.05, 3.63) is 53.7 Å². The molecule has 0 unspecified atom stereocenters. The third-order valence-electron chi connectivity index (χ3n) is 3.21. The molecule has 23 heavy (non-hydrogen) atoms. The van der Waals surface area contributed by atoms with Gasteiger partial charge in [-0.2, -0.15) is 0 Å². The maximum Gasteiger partial charge on any atom is 0.224 e. The Morgan fingerprint density at radius 2 is 2.13 bits per heavy atom. The van der Waals surface area contributed by atoms with Gasteiger partial charge in [0.15, 0.2) is 11.6 Å². The fraction of sp³-hybridized carbons (Fsp3) is 0.250. The molecule has 0 radical (unpaired) electrons. The van der Waals surface area contributed by atoms with Gasteiger partial charge in [-0.15, -0.1) is 0 Å². The first-order valence-corrected chi connectivity index (χ1v) is 7.06. The zero-order valence-corrected chi connectivity index (χ0v) is 12.6. The van der Waals surface area contributed by atoms with E-state index in [2.05, 4.69) is 10.3 Å². The van der Waals surface area contributed by atoms with E-state index in [0.717, 1.165) is 12.1 Å². The number of carbonyl (C=O) groups is 1. The van der Waals surface area contributed by atoms with Gasteiger partial charge < -0.3 is 15.8 Å². The zero-order chi connectivity index (χ0) is 16.8. The third kappa shape index (κ3) is 4.46. The summed E-state index contributed by atoms with van der Waals surface area (Å²) in [5.41, 5.74) is 6.04. The molecule has 0 saturated carbocycles. The maximum absolute atomic E-state index is 13.2. The lowest BCUT2D eigenvalue weighted by molar-refractivity contribution is -0.124. The number of nitrogens with two attached hydrogens (primary N) is 1. The summed E-state index contributed by atoms with van der Waals surface area (Å²) >= 11 is 0. The van der Waals surface area contributed by atoms with Crippen LogP contribution in [0.5, 0.6) is 11.6 Å². The lowest BCUT2D eigenvalue weighted by Gasteiger charge is -2.13. The van der Waals surface area contributed by atoms with Crippen LogP contribution in [0.15, 0.2) is 36.5 Å². The molecule has 0 aliphatic heterocycles. The quantitative estimate of drug-likeness (QED) is 0.856. The minimum atomic E-state index is -1.01. The molecule has 7 heteroatoms. The van der Waals surface area contributed by atoms with Crippen molar-refractivity contribution in [2.45, 2.75) is 13.5 Å². The normalized spacial score (nSPS) is 11.8. The molecule has 5 nitrogen and oxygen atoms in total. The molecule has 1 aromatic heterocycles. The number of hydrogen-bond acceptors (Lipinski definition) is 4. The predicted octanol–water partition coefficient (Wildman–Crippen LogP) is 2.36. The number of hydrogen-bond donors (Lipinski definition) is 2. The van der Waals surface area contributed by atoms with E-state index in [4.69, 9.17) is 10.5 Å². The number of nitrogens with one attached hydrogen (secondary N) is 1. The maximum atomic E-state index is 13.2. The van der Waals surface area contributed by atoms with Gasteiger partial charge in [0.05, 0.1) is 0 Å². The van der Waals surface area contributed by atoms with Crippen LogP contribution < -0.4 is 15.8 Å². The molecule has 1 aromatic carbocycles. The summed E-state index contributed by atoms with van der Waals surface area (Å²) in [6, 6.07) is 6.61. The van der Waals surface area contributed by atoms with Crippen molar-refractivity contribution >= 4 is 5.91 Å². The van der Waals surface area contributed by atoms with Crippen molar-refractivity contribution in [2.24, 2.45) is 11.7 Å². The van der Waals surface area contributed by atoms with Gasteiger partial charge in [0.2, 0.25) is 11.8 Å². The Kier molecular flexibility index (Phi) is 5.59. The van der Waals surface area contributed by atoms with E-state index >= 15 is 0 Å². The van der Waals surface area contributed by atoms with Gasteiger partial charge in [0.25, 0.3) is 0 Å². The van der Waals surface area contributed by atoms with E-state index in [0.29, 0.717) is 5.56 Å². The minimum absolute atomic E-state index is 0.116. The van der Waals surface area contributed by atoms with Gasteiger partial charge in [-0.05, 0) is 18.2 Å². The van der Waals surface area contributed by atoms with Gasteiger partial charge in [-0.1, -0.05) is 13.0 Å². The first-order valence-electron chi connectivity index (χ1n) is 7.06. The van der Waals surface area contributed by atoms with Crippen LogP contribution in [0.25, 0.3) is 0 Å². The second kappa shape index (κ2) is 7.64. The Labute approximate surface area is 132 Å². The van der Waals surface area contributed by atoms with Crippen molar-refractivity contribution < 1.29 is 18.3 Å². The molecule has 1 heterocycles. The smallest absolute Gasteiger partial charge is 0.224 e. The monoisotopic (exact) mass is 321 g/mol. The van der Waals surface area contributed by atoms with Crippen LogP contribution in [-0.2, 0) is 11.3 Å². The topological polar surface area (TPSA) is 77.2 Å². The molecule has 122 valence electrons. The van der Waals surface area contributed by atoms with Crippen LogP contribution in [0.2, 0.25) is 0 Å². The average Bonchev–Trinajstić information content (AvgIpc) is 2.56. The van der Waals surface area contributed by atoms with Crippen LogP contribution in [0.3, 0.4) is 0 Å². The Bertz CT molecular complexity index is 695. The van der Waals surface area contributed by atoms with E-state index in [1.807, 2.05) is 0 Å². The van der Waals surface area contributed by atoms with Gasteiger partial charge in [0.1, 0.15) is 5.75 Å². The molecule has 2 rings (SSSR count). The summed E-state index contributed by atoms with van der Waals surface area (Å²) in [5, 5.41) is 2.72. The molecule has 0 fully saturated rings. The predicted molar refractivity (Wildman–Crippen MR) is 80.7 cm³/mol. The average molecular weight is 321 g/mol. The highest BCUT2D eigenvalue weighted by Crippen LogP contribution is 2.24. The van der Waals surface area contributed by atoms with Crippen LogP contribution in [0.1, 0.15) is 12.5 Å². The van der Waals surface area contributed by atoms with Crippen LogP contribution in [-0.4, -0.2) is 17.4 Å². The highest BCUT2D eigenvalue weighted by Gasteiger charge is 2.13. The number of aromatic nitrogens is 1. The fourth-order valence-corrected chi connectivity index (χ4v) is 1.77. The molecule has 1 atom stereocenters. The molecule has 0 bridgehead atoms. The number of amides is 1. The van der Waals surface area contributed by atoms with Crippen molar-refractivity contribution in [1.29, 1.82) is 0 Å². The SMILES string of the molecule is C[C@H](CN)C(=O)NCc1cccnc1Oc1ccc(F)c(F)c1. The Morgan fingerprint density at radius 1 is 1.35 bits per heavy atom. The lowest BCUT2D eigenvalue weighted by atomic mass is 10.1. The molecule has 0 spiro atoms. The number of halogens is 2. The number of nitrogens with zero attached hydrogens (tertiary/aromatic N) is 1. The van der Waals surface area contributed by atoms with E-state index in [1.54, 1.807) is 19.1 Å². The van der Waals surface area contributed by atoms with Crippen LogP contribution in [0, 0.1) is 17.6 Å². The first-order chi connectivity index (χ1) is 11.0. The molecule has 0 saturated heterocycles. The minimum Gasteiger partial charge on any atom is -0.439 e. The van der Waals surface area contributed by atoms with Crippen molar-refractivity contribution in [3.63, 3.8) is 0 Å². The molecule has 2 aromatic rings. The van der Waals surface area contributed by atoms with E-state index in [1.165, 1.54) is 12.3 Å². The molecule has 1 amide bonds. The summed E-state index contributed by atoms with van der Waals surface area (Å²) in [6.45, 7) is 2.16. The second-order valence-electron chi connectivity index (χ2n) is 5.00. The number of rotatable bonds is 6. The number of ether oxygens (including phenoxy) is 1. The van der Waals surface area contributed by atoms with Crippen LogP contribution in [0.4, 0.5) is 8.78 Å². The Balaban J connectivity index is 2.11. The largest absolute Gasteiger partial charge is 0.439 e. The number of pyridine rings is 1. The Morgan fingerprint density at radius 3 is 2.83 bits per heavy atom. The highest BCUT2D eigenvalue weighted by molar-refractivity contribution is 5.78. The summed E-state index contributed by atoms with van der Waals surface area (Å²) in [7, 11) is 0. The summed E-state index contributed by atoms with van der Waals surface area (Å²) < 4.78 is 31.6. The first kappa shape index (κ1) is 16.8. The summed E-state index contributed by atoms with van der Waals surface area (Å²) in [5.74, 6) is -2.13. The van der Waals surface area contributed by atoms with E-state index < -0.39 is 11.6 Å². The Hall–Kier alpha value is -2.54. The summed E-state index contributed by atoms with van der Waals surface area (Å²) in [4.78, 5) is 15.8. The number of carbonyl (C=O) groups excluding carboxylic acids is 1. The van der Waals surface area contributed by atoms with Gasteiger partial charge in [0, 0.05) is 36.8 Å². The van der Waals surface area contributed by atoms with E-state index in [-0.39, 0.29) is 36.5 Å². The fourth-order valence-electron chi connectivity index (χ4n) is 1.77. The standard InChI is InChI=1S/C16H17F2N3O2/c1-10(8-19)15(22)21-9-11-3-2-6-20-16(11)23-12-4-5-13(17)14(18)7-12/h2-7,10H,8-9,19H2,1H3,(H,21,22)/t10-/m1/s1. The molecule has 0 aliphatic carbocycles. The van der Waals surface area contributed by atoms with Gasteiger partial charge in [-0.25, -0.2) is 13.8 Å². The van der Waals surface area contributed by atoms with Crippen molar-refractivity contribution in [3.8, 4) is 11.6 Å². The van der Waals surface area contributed by atoms with Gasteiger partial charge >= 0.3 is 0 Å². The molecule has 3 N–H and O–H groups in total. The zero-order valence-electron chi connectivity index (χ0n) is 12.6. The molecular formula is C16H17F2N3O2. The highest BCUT2D eigenvalue weighted by atomic mass is 19.2. The van der Waals surface area contributed by atoms with Crippen molar-refractivity contribution in [1.82, 2.24) is 10.3 Å². The second-order valence-corrected chi connectivity index (χ2v) is 5.00. The van der Waals surface area contributed by atoms with Crippen LogP contribution >= 0.6 is 0 Å². The third-order valence-corrected chi connectivity index (χ3v) is 3.21. The van der Waals surface area contributed by atoms with Crippen molar-refractivity contribution in [2.75, 3.05) is 6.54 Å². The number of benzene rings is 1. The summed E-state index contributed by atoms with van der Waals surface area (Å²) in [6.07, 6.45) is 1.50. The molecular weight excluding hydrogens is 304 g/mol.